The highest BCUT2D eigenvalue weighted by Gasteiger charge is 2.09. The van der Waals surface area contributed by atoms with Crippen molar-refractivity contribution in [2.24, 2.45) is 4.99 Å². The summed E-state index contributed by atoms with van der Waals surface area (Å²) in [7, 11) is 3.83. The molecule has 0 spiro atoms. The standard InChI is InChI=1S/C19H24BrN3O2/c1-23(2)19(21-12-15-8-4-3-5-9-15)22-13-16(24)14-25-18-11-7-6-10-17(18)20/h3-11,16,24H,12-14H2,1-2H3,(H,21,22). The van der Waals surface area contributed by atoms with E-state index in [1.165, 1.54) is 0 Å². The van der Waals surface area contributed by atoms with Crippen LogP contribution >= 0.6 is 15.9 Å². The quantitative estimate of drug-likeness (QED) is 0.549. The van der Waals surface area contributed by atoms with Crippen LogP contribution < -0.4 is 10.1 Å². The number of guanidine groups is 1. The first-order chi connectivity index (χ1) is 12.1. The van der Waals surface area contributed by atoms with Crippen LogP contribution in [0.15, 0.2) is 64.1 Å². The number of aliphatic hydroxyl groups is 1. The lowest BCUT2D eigenvalue weighted by atomic mass is 10.2. The van der Waals surface area contributed by atoms with Gasteiger partial charge >= 0.3 is 0 Å². The molecule has 6 heteroatoms. The largest absolute Gasteiger partial charge is 0.490 e. The van der Waals surface area contributed by atoms with Crippen molar-refractivity contribution >= 4 is 21.9 Å². The van der Waals surface area contributed by atoms with E-state index in [0.29, 0.717) is 18.8 Å². The summed E-state index contributed by atoms with van der Waals surface area (Å²) in [5.74, 6) is 1.44. The van der Waals surface area contributed by atoms with Crippen LogP contribution in [0.4, 0.5) is 0 Å². The van der Waals surface area contributed by atoms with Gasteiger partial charge in [0.2, 0.25) is 0 Å². The number of ether oxygens (including phenoxy) is 1. The Hall–Kier alpha value is -2.05. The molecule has 0 saturated carbocycles. The molecule has 2 aromatic carbocycles. The first-order valence-corrected chi connectivity index (χ1v) is 8.90. The van der Waals surface area contributed by atoms with E-state index in [2.05, 4.69) is 26.2 Å². The third-order valence-electron chi connectivity index (χ3n) is 3.44. The number of rotatable bonds is 7. The molecular weight excluding hydrogens is 382 g/mol. The van der Waals surface area contributed by atoms with Crippen molar-refractivity contribution in [1.82, 2.24) is 10.2 Å². The lowest BCUT2D eigenvalue weighted by Gasteiger charge is -2.20. The van der Waals surface area contributed by atoms with E-state index in [4.69, 9.17) is 4.74 Å². The Labute approximate surface area is 157 Å². The molecule has 25 heavy (non-hydrogen) atoms. The highest BCUT2D eigenvalue weighted by Crippen LogP contribution is 2.23. The third-order valence-corrected chi connectivity index (χ3v) is 4.10. The molecule has 0 bridgehead atoms. The summed E-state index contributed by atoms with van der Waals surface area (Å²) in [6, 6.07) is 17.6. The van der Waals surface area contributed by atoms with Gasteiger partial charge in [0.15, 0.2) is 5.96 Å². The Kier molecular flexibility index (Phi) is 7.76. The molecule has 0 amide bonds. The molecule has 0 radical (unpaired) electrons. The molecule has 0 aliphatic heterocycles. The fraction of sp³-hybridized carbons (Fsp3) is 0.316. The summed E-state index contributed by atoms with van der Waals surface area (Å²) in [5, 5.41) is 13.3. The highest BCUT2D eigenvalue weighted by molar-refractivity contribution is 9.10. The summed E-state index contributed by atoms with van der Waals surface area (Å²) in [4.78, 5) is 6.46. The van der Waals surface area contributed by atoms with Gasteiger partial charge in [0.25, 0.3) is 0 Å². The summed E-state index contributed by atoms with van der Waals surface area (Å²) in [6.45, 7) is 1.15. The molecular formula is C19H24BrN3O2. The summed E-state index contributed by atoms with van der Waals surface area (Å²) in [6.07, 6.45) is -0.644. The van der Waals surface area contributed by atoms with Gasteiger partial charge in [-0.3, -0.25) is 0 Å². The number of hydrogen-bond donors (Lipinski definition) is 2. The minimum absolute atomic E-state index is 0.203. The van der Waals surface area contributed by atoms with Crippen LogP contribution in [0.2, 0.25) is 0 Å². The summed E-state index contributed by atoms with van der Waals surface area (Å²) >= 11 is 3.42. The number of halogens is 1. The molecule has 2 N–H and O–H groups in total. The van der Waals surface area contributed by atoms with Crippen LogP contribution in [0.3, 0.4) is 0 Å². The highest BCUT2D eigenvalue weighted by atomic mass is 79.9. The molecule has 0 saturated heterocycles. The fourth-order valence-electron chi connectivity index (χ4n) is 2.12. The third kappa shape index (κ3) is 6.76. The molecule has 1 unspecified atom stereocenters. The number of aliphatic imine (C=N–C) groups is 1. The zero-order valence-corrected chi connectivity index (χ0v) is 16.1. The van der Waals surface area contributed by atoms with Crippen molar-refractivity contribution in [3.63, 3.8) is 0 Å². The molecule has 0 heterocycles. The second-order valence-corrected chi connectivity index (χ2v) is 6.65. The number of aliphatic hydroxyl groups excluding tert-OH is 1. The van der Waals surface area contributed by atoms with Crippen molar-refractivity contribution in [3.05, 3.63) is 64.6 Å². The predicted octanol–water partition coefficient (Wildman–Crippen LogP) is 2.90. The minimum atomic E-state index is -0.644. The first kappa shape index (κ1) is 19.3. The van der Waals surface area contributed by atoms with Crippen LogP contribution in [0.1, 0.15) is 5.56 Å². The molecule has 0 aliphatic rings. The van der Waals surface area contributed by atoms with E-state index in [-0.39, 0.29) is 6.61 Å². The SMILES string of the molecule is CN(C)C(=NCc1ccccc1)NCC(O)COc1ccccc1Br. The van der Waals surface area contributed by atoms with Crippen LogP contribution in [-0.4, -0.2) is 49.3 Å². The number of nitrogens with zero attached hydrogens (tertiary/aromatic N) is 2. The average molecular weight is 406 g/mol. The van der Waals surface area contributed by atoms with Gasteiger partial charge in [-0.25, -0.2) is 4.99 Å². The van der Waals surface area contributed by atoms with Crippen LogP contribution in [-0.2, 0) is 6.54 Å². The molecule has 0 fully saturated rings. The van der Waals surface area contributed by atoms with Gasteiger partial charge in [0.1, 0.15) is 18.5 Å². The van der Waals surface area contributed by atoms with E-state index in [1.807, 2.05) is 73.6 Å². The maximum atomic E-state index is 10.1. The van der Waals surface area contributed by atoms with E-state index in [1.54, 1.807) is 0 Å². The molecule has 2 aromatic rings. The molecule has 5 nitrogen and oxygen atoms in total. The van der Waals surface area contributed by atoms with Gasteiger partial charge in [-0.15, -0.1) is 0 Å². The number of nitrogens with one attached hydrogen (secondary N) is 1. The topological polar surface area (TPSA) is 57.1 Å². The molecule has 0 aliphatic carbocycles. The Morgan fingerprint density at radius 1 is 1.16 bits per heavy atom. The summed E-state index contributed by atoms with van der Waals surface area (Å²) in [5.41, 5.74) is 1.14. The molecule has 2 rings (SSSR count). The normalized spacial score (nSPS) is 12.6. The van der Waals surface area contributed by atoms with Crippen LogP contribution in [0, 0.1) is 0 Å². The Morgan fingerprint density at radius 3 is 2.52 bits per heavy atom. The predicted molar refractivity (Wildman–Crippen MR) is 105 cm³/mol. The molecule has 0 aromatic heterocycles. The van der Waals surface area contributed by atoms with Crippen molar-refractivity contribution in [3.8, 4) is 5.75 Å². The van der Waals surface area contributed by atoms with Gasteiger partial charge in [0, 0.05) is 20.6 Å². The van der Waals surface area contributed by atoms with Crippen molar-refractivity contribution < 1.29 is 9.84 Å². The zero-order chi connectivity index (χ0) is 18.1. The van der Waals surface area contributed by atoms with Crippen molar-refractivity contribution in [2.45, 2.75) is 12.6 Å². The molecule has 1 atom stereocenters. The first-order valence-electron chi connectivity index (χ1n) is 8.11. The van der Waals surface area contributed by atoms with E-state index in [0.717, 1.165) is 16.0 Å². The Bertz CT molecular complexity index is 677. The lowest BCUT2D eigenvalue weighted by Crippen LogP contribution is -2.42. The average Bonchev–Trinajstić information content (AvgIpc) is 2.61. The van der Waals surface area contributed by atoms with Gasteiger partial charge < -0.3 is 20.1 Å². The van der Waals surface area contributed by atoms with Crippen LogP contribution in [0.5, 0.6) is 5.75 Å². The van der Waals surface area contributed by atoms with Gasteiger partial charge in [-0.2, -0.15) is 0 Å². The second-order valence-electron chi connectivity index (χ2n) is 5.80. The van der Waals surface area contributed by atoms with Gasteiger partial charge in [-0.05, 0) is 33.6 Å². The maximum absolute atomic E-state index is 10.1. The maximum Gasteiger partial charge on any atom is 0.193 e. The number of para-hydroxylation sites is 1. The van der Waals surface area contributed by atoms with Gasteiger partial charge in [0.05, 0.1) is 11.0 Å². The Morgan fingerprint density at radius 2 is 1.84 bits per heavy atom. The van der Waals surface area contributed by atoms with E-state index < -0.39 is 6.10 Å². The smallest absolute Gasteiger partial charge is 0.193 e. The fourth-order valence-corrected chi connectivity index (χ4v) is 2.52. The number of hydrogen-bond acceptors (Lipinski definition) is 3. The zero-order valence-electron chi connectivity index (χ0n) is 14.5. The van der Waals surface area contributed by atoms with E-state index >= 15 is 0 Å². The van der Waals surface area contributed by atoms with E-state index in [9.17, 15) is 5.11 Å². The van der Waals surface area contributed by atoms with Crippen molar-refractivity contribution in [1.29, 1.82) is 0 Å². The Balaban J connectivity index is 1.82. The number of benzene rings is 2. The molecule has 134 valence electrons. The minimum Gasteiger partial charge on any atom is -0.490 e. The monoisotopic (exact) mass is 405 g/mol. The summed E-state index contributed by atoms with van der Waals surface area (Å²) < 4.78 is 6.50. The van der Waals surface area contributed by atoms with Crippen LogP contribution in [0.25, 0.3) is 0 Å². The lowest BCUT2D eigenvalue weighted by molar-refractivity contribution is 0.109. The van der Waals surface area contributed by atoms with Crippen molar-refractivity contribution in [2.75, 3.05) is 27.2 Å². The van der Waals surface area contributed by atoms with Gasteiger partial charge in [-0.1, -0.05) is 42.5 Å². The second kappa shape index (κ2) is 10.1.